The van der Waals surface area contributed by atoms with Crippen molar-refractivity contribution in [2.75, 3.05) is 0 Å². The van der Waals surface area contributed by atoms with E-state index >= 15 is 0 Å². The largest absolute Gasteiger partial charge is 0.352 e. The molecule has 0 amide bonds. The van der Waals surface area contributed by atoms with Crippen LogP contribution in [0, 0.1) is 6.07 Å². The summed E-state index contributed by atoms with van der Waals surface area (Å²) < 4.78 is 3.80. The fourth-order valence-electron chi connectivity index (χ4n) is 4.18. The third-order valence-corrected chi connectivity index (χ3v) is 5.79. The molecule has 4 aromatic carbocycles. The van der Waals surface area contributed by atoms with Gasteiger partial charge >= 0.3 is 0 Å². The van der Waals surface area contributed by atoms with Crippen LogP contribution in [0.4, 0.5) is 0 Å². The van der Waals surface area contributed by atoms with Crippen LogP contribution in [0.2, 0.25) is 0 Å². The molecule has 6 nitrogen and oxygen atoms in total. The molecule has 0 aliphatic carbocycles. The molecule has 6 aromatic rings. The predicted octanol–water partition coefficient (Wildman–Crippen LogP) is 5.35. The first-order chi connectivity index (χ1) is 16.3. The smallest absolute Gasteiger partial charge is 0.104 e. The van der Waals surface area contributed by atoms with Gasteiger partial charge in [0.05, 0.1) is 12.0 Å². The SMILES string of the molecule is Cn1cnc2c[c-]c(-c3nnnn3-c3c(-c4ccccc4)cccc3-c3ccccc3)cc21.[Ir]. The summed E-state index contributed by atoms with van der Waals surface area (Å²) in [6.45, 7) is 0. The molecule has 0 saturated heterocycles. The van der Waals surface area contributed by atoms with Gasteiger partial charge in [0.25, 0.3) is 0 Å². The van der Waals surface area contributed by atoms with E-state index in [1.54, 1.807) is 6.33 Å². The fraction of sp³-hybridized carbons (Fsp3) is 0.0370. The molecule has 2 aromatic heterocycles. The first kappa shape index (κ1) is 21.9. The van der Waals surface area contributed by atoms with Crippen molar-refractivity contribution in [3.8, 4) is 39.3 Å². The minimum absolute atomic E-state index is 0. The van der Waals surface area contributed by atoms with Crippen LogP contribution in [0.5, 0.6) is 0 Å². The van der Waals surface area contributed by atoms with E-state index in [0.717, 1.165) is 44.5 Å². The summed E-state index contributed by atoms with van der Waals surface area (Å²) in [5.41, 5.74) is 7.90. The van der Waals surface area contributed by atoms with Crippen LogP contribution in [0.15, 0.2) is 97.3 Å². The summed E-state index contributed by atoms with van der Waals surface area (Å²) >= 11 is 0. The standard InChI is InChI=1S/C27H19N6.Ir/c1-32-18-28-24-16-15-21(17-25(24)32)27-29-30-31-33(27)26-22(19-9-4-2-5-10-19)13-8-14-23(26)20-11-6-3-7-12-20;/h2-14,16-18H,1H3;/q-1;. The first-order valence-corrected chi connectivity index (χ1v) is 10.7. The number of aryl methyl sites for hydroxylation is 1. The molecule has 167 valence electrons. The third-order valence-electron chi connectivity index (χ3n) is 5.79. The number of fused-ring (bicyclic) bond motifs is 1. The van der Waals surface area contributed by atoms with E-state index in [1.165, 1.54) is 0 Å². The van der Waals surface area contributed by atoms with Crippen LogP contribution in [0.25, 0.3) is 50.4 Å². The van der Waals surface area contributed by atoms with Crippen molar-refractivity contribution in [2.24, 2.45) is 7.05 Å². The van der Waals surface area contributed by atoms with E-state index in [-0.39, 0.29) is 20.1 Å². The molecule has 6 rings (SSSR count). The topological polar surface area (TPSA) is 61.4 Å². The van der Waals surface area contributed by atoms with Crippen molar-refractivity contribution >= 4 is 11.0 Å². The molecular weight excluding hydrogens is 601 g/mol. The van der Waals surface area contributed by atoms with Crippen LogP contribution in [0.3, 0.4) is 0 Å². The number of tetrazole rings is 1. The molecule has 2 heterocycles. The minimum Gasteiger partial charge on any atom is -0.352 e. The summed E-state index contributed by atoms with van der Waals surface area (Å²) in [6, 6.07) is 34.1. The Morgan fingerprint density at radius 1 is 0.794 bits per heavy atom. The molecule has 0 N–H and O–H groups in total. The van der Waals surface area contributed by atoms with Crippen LogP contribution in [-0.4, -0.2) is 29.8 Å². The van der Waals surface area contributed by atoms with E-state index in [9.17, 15) is 0 Å². The summed E-state index contributed by atoms with van der Waals surface area (Å²) in [4.78, 5) is 4.40. The Hall–Kier alpha value is -3.93. The average Bonchev–Trinajstić information content (AvgIpc) is 3.51. The van der Waals surface area contributed by atoms with Gasteiger partial charge in [-0.25, -0.2) is 4.68 Å². The zero-order valence-corrected chi connectivity index (χ0v) is 20.6. The van der Waals surface area contributed by atoms with Gasteiger partial charge in [-0.05, 0) is 27.1 Å². The van der Waals surface area contributed by atoms with E-state index in [2.05, 4.69) is 69.0 Å². The van der Waals surface area contributed by atoms with Crippen LogP contribution >= 0.6 is 0 Å². The second-order valence-electron chi connectivity index (χ2n) is 7.82. The Kier molecular flexibility index (Phi) is 5.88. The number of hydrogen-bond acceptors (Lipinski definition) is 4. The van der Waals surface area contributed by atoms with Gasteiger partial charge in [0.15, 0.2) is 0 Å². The molecule has 0 saturated carbocycles. The van der Waals surface area contributed by atoms with E-state index in [4.69, 9.17) is 0 Å². The molecule has 0 fully saturated rings. The number of para-hydroxylation sites is 1. The second kappa shape index (κ2) is 9.14. The molecule has 0 aliphatic heterocycles. The van der Waals surface area contributed by atoms with Gasteiger partial charge in [0.1, 0.15) is 5.82 Å². The number of rotatable bonds is 4. The molecule has 7 heteroatoms. The zero-order valence-electron chi connectivity index (χ0n) is 18.3. The van der Waals surface area contributed by atoms with Crippen molar-refractivity contribution in [3.05, 3.63) is 103 Å². The van der Waals surface area contributed by atoms with Crippen molar-refractivity contribution < 1.29 is 20.1 Å². The molecule has 34 heavy (non-hydrogen) atoms. The van der Waals surface area contributed by atoms with E-state index in [1.807, 2.05) is 64.8 Å². The van der Waals surface area contributed by atoms with Gasteiger partial charge in [0.2, 0.25) is 0 Å². The Morgan fingerprint density at radius 3 is 2.09 bits per heavy atom. The van der Waals surface area contributed by atoms with Crippen LogP contribution in [0.1, 0.15) is 0 Å². The molecular formula is C27H19IrN6-. The minimum atomic E-state index is 0. The average molecular weight is 620 g/mol. The van der Waals surface area contributed by atoms with Gasteiger partial charge < -0.3 is 4.57 Å². The van der Waals surface area contributed by atoms with E-state index < -0.39 is 0 Å². The Labute approximate surface area is 210 Å². The number of benzene rings is 4. The Bertz CT molecular complexity index is 1510. The van der Waals surface area contributed by atoms with E-state index in [0.29, 0.717) is 5.82 Å². The fourth-order valence-corrected chi connectivity index (χ4v) is 4.18. The first-order valence-electron chi connectivity index (χ1n) is 10.7. The maximum Gasteiger partial charge on any atom is 0.104 e. The summed E-state index contributed by atoms with van der Waals surface area (Å²) in [5, 5.41) is 12.9. The summed E-state index contributed by atoms with van der Waals surface area (Å²) in [5.74, 6) is 0.624. The normalized spacial score (nSPS) is 10.9. The van der Waals surface area contributed by atoms with Gasteiger partial charge in [0, 0.05) is 43.8 Å². The van der Waals surface area contributed by atoms with Gasteiger partial charge in [-0.1, -0.05) is 78.9 Å². The number of hydrogen-bond donors (Lipinski definition) is 0. The van der Waals surface area contributed by atoms with Crippen LogP contribution in [-0.2, 0) is 27.2 Å². The quantitative estimate of drug-likeness (QED) is 0.250. The van der Waals surface area contributed by atoms with Crippen LogP contribution < -0.4 is 0 Å². The van der Waals surface area contributed by atoms with Crippen molar-refractivity contribution in [3.63, 3.8) is 0 Å². The van der Waals surface area contributed by atoms with Gasteiger partial charge in [-0.15, -0.1) is 23.8 Å². The molecule has 1 radical (unpaired) electrons. The summed E-state index contributed by atoms with van der Waals surface area (Å²) in [6.07, 6.45) is 1.80. The van der Waals surface area contributed by atoms with Gasteiger partial charge in [-0.2, -0.15) is 5.10 Å². The third kappa shape index (κ3) is 3.75. The number of imidazole rings is 1. The van der Waals surface area contributed by atoms with Gasteiger partial charge in [-0.3, -0.25) is 4.98 Å². The maximum atomic E-state index is 4.44. The van der Waals surface area contributed by atoms with Crippen molar-refractivity contribution in [1.82, 2.24) is 29.8 Å². The van der Waals surface area contributed by atoms with Crippen molar-refractivity contribution in [2.45, 2.75) is 0 Å². The predicted molar refractivity (Wildman–Crippen MR) is 129 cm³/mol. The molecule has 0 aliphatic rings. The maximum absolute atomic E-state index is 4.44. The Morgan fingerprint density at radius 2 is 1.44 bits per heavy atom. The van der Waals surface area contributed by atoms with Crippen molar-refractivity contribution in [1.29, 1.82) is 0 Å². The zero-order chi connectivity index (χ0) is 22.2. The number of aromatic nitrogens is 6. The molecule has 0 unspecified atom stereocenters. The number of nitrogens with zero attached hydrogens (tertiary/aromatic N) is 6. The monoisotopic (exact) mass is 620 g/mol. The second-order valence-corrected chi connectivity index (χ2v) is 7.82. The molecule has 0 spiro atoms. The summed E-state index contributed by atoms with van der Waals surface area (Å²) in [7, 11) is 1.97. The Balaban J connectivity index is 0.00000241. The molecule has 0 bridgehead atoms. The molecule has 0 atom stereocenters.